The molecule has 0 aliphatic heterocycles. The number of hydrogen-bond donors (Lipinski definition) is 2. The predicted molar refractivity (Wildman–Crippen MR) is 125 cm³/mol. The van der Waals surface area contributed by atoms with Crippen LogP contribution in [0.1, 0.15) is 0 Å². The van der Waals surface area contributed by atoms with Gasteiger partial charge in [0.25, 0.3) is 0 Å². The molecule has 0 aliphatic carbocycles. The highest BCUT2D eigenvalue weighted by Crippen LogP contribution is 2.44. The third-order valence-electron chi connectivity index (χ3n) is 5.42. The fraction of sp³-hybridized carbons (Fsp3) is 0. The number of hydrogen-bond acceptors (Lipinski definition) is 4. The molecule has 0 aliphatic rings. The second-order valence-corrected chi connectivity index (χ2v) is 8.94. The molecule has 6 heteroatoms. The van der Waals surface area contributed by atoms with E-state index in [9.17, 15) is 10.2 Å². The molecule has 4 aromatic carbocycles. The number of halogens is 2. The van der Waals surface area contributed by atoms with Gasteiger partial charge < -0.3 is 19.0 Å². The lowest BCUT2D eigenvalue weighted by Crippen LogP contribution is -1.81. The normalized spacial score (nSPS) is 11.9. The second-order valence-electron chi connectivity index (χ2n) is 7.17. The summed E-state index contributed by atoms with van der Waals surface area (Å²) in [7, 11) is 0. The number of rotatable bonds is 1. The maximum atomic E-state index is 11.0. The van der Waals surface area contributed by atoms with Crippen LogP contribution < -0.4 is 0 Å². The van der Waals surface area contributed by atoms with Crippen molar-refractivity contribution in [2.24, 2.45) is 0 Å². The molecule has 0 fully saturated rings. The van der Waals surface area contributed by atoms with Crippen molar-refractivity contribution in [3.8, 4) is 22.6 Å². The molecule has 4 nitrogen and oxygen atoms in total. The molecular formula is C24H12Br2O4. The molecule has 6 rings (SSSR count). The van der Waals surface area contributed by atoms with Crippen LogP contribution in [-0.4, -0.2) is 10.2 Å². The number of para-hydroxylation sites is 1. The summed E-state index contributed by atoms with van der Waals surface area (Å²) in [5.41, 5.74) is 3.61. The standard InChI is InChI=1S/C24H12Br2O4/c25-12-4-7-19-16(10-12)14-6-5-13(22(28)24(14)29-19)11-8-17(26)21-15-2-1-3-18(27)23(15)30-20(21)9-11/h1-10,27-28H. The van der Waals surface area contributed by atoms with Crippen molar-refractivity contribution in [1.29, 1.82) is 0 Å². The highest BCUT2D eigenvalue weighted by Gasteiger charge is 2.19. The van der Waals surface area contributed by atoms with Crippen LogP contribution in [-0.2, 0) is 0 Å². The summed E-state index contributed by atoms with van der Waals surface area (Å²) < 4.78 is 13.6. The molecule has 2 aromatic heterocycles. The van der Waals surface area contributed by atoms with Gasteiger partial charge in [0.15, 0.2) is 22.7 Å². The maximum Gasteiger partial charge on any atom is 0.177 e. The lowest BCUT2D eigenvalue weighted by molar-refractivity contribution is 0.468. The van der Waals surface area contributed by atoms with Crippen LogP contribution in [0, 0.1) is 0 Å². The van der Waals surface area contributed by atoms with E-state index in [-0.39, 0.29) is 11.5 Å². The molecule has 6 aromatic rings. The number of benzene rings is 4. The Kier molecular flexibility index (Phi) is 3.73. The van der Waals surface area contributed by atoms with E-state index in [1.54, 1.807) is 12.1 Å². The second kappa shape index (κ2) is 6.27. The Balaban J connectivity index is 1.63. The van der Waals surface area contributed by atoms with Crippen molar-refractivity contribution in [1.82, 2.24) is 0 Å². The summed E-state index contributed by atoms with van der Waals surface area (Å²) in [4.78, 5) is 0. The quantitative estimate of drug-likeness (QED) is 0.228. The molecule has 0 radical (unpaired) electrons. The Hall–Kier alpha value is -2.96. The lowest BCUT2D eigenvalue weighted by atomic mass is 10.0. The van der Waals surface area contributed by atoms with Gasteiger partial charge >= 0.3 is 0 Å². The van der Waals surface area contributed by atoms with Crippen molar-refractivity contribution in [3.05, 3.63) is 69.6 Å². The summed E-state index contributed by atoms with van der Waals surface area (Å²) in [5, 5.41) is 24.6. The molecule has 2 heterocycles. The fourth-order valence-electron chi connectivity index (χ4n) is 4.05. The van der Waals surface area contributed by atoms with Crippen molar-refractivity contribution >= 4 is 75.7 Å². The number of phenolic OH excluding ortho intramolecular Hbond substituents is 2. The zero-order chi connectivity index (χ0) is 20.6. The average Bonchev–Trinajstić information content (AvgIpc) is 3.28. The number of aromatic hydroxyl groups is 2. The topological polar surface area (TPSA) is 66.7 Å². The summed E-state index contributed by atoms with van der Waals surface area (Å²) in [6.07, 6.45) is 0. The minimum Gasteiger partial charge on any atom is -0.504 e. The first kappa shape index (κ1) is 17.9. The summed E-state index contributed by atoms with van der Waals surface area (Å²) in [6.45, 7) is 0. The van der Waals surface area contributed by atoms with Gasteiger partial charge in [-0.15, -0.1) is 0 Å². The maximum absolute atomic E-state index is 11.0. The van der Waals surface area contributed by atoms with Gasteiger partial charge in [0.1, 0.15) is 11.2 Å². The van der Waals surface area contributed by atoms with Gasteiger partial charge in [-0.1, -0.05) is 28.1 Å². The van der Waals surface area contributed by atoms with Crippen molar-refractivity contribution in [2.45, 2.75) is 0 Å². The summed E-state index contributed by atoms with van der Waals surface area (Å²) in [6, 6.07) is 18.7. The number of phenols is 2. The molecule has 0 saturated heterocycles. The first-order valence-corrected chi connectivity index (χ1v) is 10.8. The zero-order valence-corrected chi connectivity index (χ0v) is 18.4. The largest absolute Gasteiger partial charge is 0.504 e. The van der Waals surface area contributed by atoms with E-state index in [1.165, 1.54) is 0 Å². The SMILES string of the molecule is Oc1c(-c2cc(Br)c3c(c2)oc2c(O)cccc23)ccc2c1oc1ccc(Br)cc12. The van der Waals surface area contributed by atoms with Crippen LogP contribution in [0.2, 0.25) is 0 Å². The Bertz CT molecular complexity index is 1640. The molecule has 0 amide bonds. The highest BCUT2D eigenvalue weighted by atomic mass is 79.9. The van der Waals surface area contributed by atoms with E-state index in [1.807, 2.05) is 48.5 Å². The van der Waals surface area contributed by atoms with E-state index in [4.69, 9.17) is 8.83 Å². The van der Waals surface area contributed by atoms with E-state index in [0.717, 1.165) is 36.1 Å². The summed E-state index contributed by atoms with van der Waals surface area (Å²) >= 11 is 7.11. The highest BCUT2D eigenvalue weighted by molar-refractivity contribution is 9.11. The van der Waals surface area contributed by atoms with Gasteiger partial charge in [-0.05, 0) is 70.0 Å². The molecule has 0 spiro atoms. The van der Waals surface area contributed by atoms with Gasteiger partial charge in [-0.3, -0.25) is 0 Å². The first-order valence-electron chi connectivity index (χ1n) is 9.19. The van der Waals surface area contributed by atoms with E-state index in [2.05, 4.69) is 31.9 Å². The van der Waals surface area contributed by atoms with Crippen LogP contribution >= 0.6 is 31.9 Å². The average molecular weight is 524 g/mol. The smallest absolute Gasteiger partial charge is 0.177 e. The molecule has 0 saturated carbocycles. The molecule has 2 N–H and O–H groups in total. The lowest BCUT2D eigenvalue weighted by Gasteiger charge is -2.07. The molecule has 0 atom stereocenters. The predicted octanol–water partition coefficient (Wildman–Crippen LogP) is 8.09. The molecule has 30 heavy (non-hydrogen) atoms. The Morgan fingerprint density at radius 2 is 1.53 bits per heavy atom. The number of fused-ring (bicyclic) bond motifs is 6. The van der Waals surface area contributed by atoms with Crippen LogP contribution in [0.25, 0.3) is 55.0 Å². The zero-order valence-electron chi connectivity index (χ0n) is 15.2. The van der Waals surface area contributed by atoms with Crippen LogP contribution in [0.5, 0.6) is 11.5 Å². The van der Waals surface area contributed by atoms with Gasteiger partial charge in [0.05, 0.1) is 0 Å². The van der Waals surface area contributed by atoms with E-state index < -0.39 is 0 Å². The van der Waals surface area contributed by atoms with E-state index in [0.29, 0.717) is 27.9 Å². The van der Waals surface area contributed by atoms with Gasteiger partial charge in [0, 0.05) is 36.1 Å². The van der Waals surface area contributed by atoms with Gasteiger partial charge in [-0.25, -0.2) is 0 Å². The Morgan fingerprint density at radius 3 is 2.40 bits per heavy atom. The first-order chi connectivity index (χ1) is 14.5. The third kappa shape index (κ3) is 2.44. The fourth-order valence-corrected chi connectivity index (χ4v) is 5.07. The Labute approximate surface area is 186 Å². The Morgan fingerprint density at radius 1 is 0.700 bits per heavy atom. The van der Waals surface area contributed by atoms with E-state index >= 15 is 0 Å². The van der Waals surface area contributed by atoms with Crippen molar-refractivity contribution < 1.29 is 19.0 Å². The number of furan rings is 2. The monoisotopic (exact) mass is 522 g/mol. The molecular weight excluding hydrogens is 512 g/mol. The molecule has 146 valence electrons. The summed E-state index contributed by atoms with van der Waals surface area (Å²) in [5.74, 6) is 0.167. The minimum atomic E-state index is 0.0741. The molecule has 0 bridgehead atoms. The minimum absolute atomic E-state index is 0.0741. The molecule has 0 unspecified atom stereocenters. The van der Waals surface area contributed by atoms with Gasteiger partial charge in [-0.2, -0.15) is 0 Å². The van der Waals surface area contributed by atoms with Gasteiger partial charge in [0.2, 0.25) is 0 Å². The van der Waals surface area contributed by atoms with Crippen molar-refractivity contribution in [3.63, 3.8) is 0 Å². The third-order valence-corrected chi connectivity index (χ3v) is 6.53. The van der Waals surface area contributed by atoms with Crippen molar-refractivity contribution in [2.75, 3.05) is 0 Å². The van der Waals surface area contributed by atoms with Crippen LogP contribution in [0.4, 0.5) is 0 Å². The van der Waals surface area contributed by atoms with Crippen LogP contribution in [0.15, 0.2) is 78.4 Å². The van der Waals surface area contributed by atoms with Crippen LogP contribution in [0.3, 0.4) is 0 Å².